The summed E-state index contributed by atoms with van der Waals surface area (Å²) < 4.78 is 13.0. The average Bonchev–Trinajstić information content (AvgIpc) is 3.53. The van der Waals surface area contributed by atoms with Gasteiger partial charge in [0.1, 0.15) is 16.9 Å². The van der Waals surface area contributed by atoms with Crippen LogP contribution in [0.25, 0.3) is 61.6 Å². The van der Waals surface area contributed by atoms with Gasteiger partial charge in [-0.25, -0.2) is 0 Å². The van der Waals surface area contributed by atoms with Crippen molar-refractivity contribution in [1.82, 2.24) is 0 Å². The summed E-state index contributed by atoms with van der Waals surface area (Å²) in [5, 5.41) is 3.20. The minimum absolute atomic E-state index is 0.746. The second-order valence-electron chi connectivity index (χ2n) is 10.7. The molecule has 2 heterocycles. The van der Waals surface area contributed by atoms with Gasteiger partial charge >= 0.3 is 0 Å². The molecule has 7 rings (SSSR count). The van der Waals surface area contributed by atoms with Crippen LogP contribution in [-0.2, 0) is 0 Å². The molecule has 1 aliphatic rings. The molecule has 2 nitrogen and oxygen atoms in total. The van der Waals surface area contributed by atoms with Crippen molar-refractivity contribution in [3.8, 4) is 22.3 Å². The zero-order valence-corrected chi connectivity index (χ0v) is 23.6. The Bertz CT molecular complexity index is 2180. The summed E-state index contributed by atoms with van der Waals surface area (Å²) in [5.41, 5.74) is 14.0. The van der Waals surface area contributed by atoms with Gasteiger partial charge in [0.05, 0.1) is 0 Å². The van der Waals surface area contributed by atoms with Gasteiger partial charge in [-0.3, -0.25) is 0 Å². The lowest BCUT2D eigenvalue weighted by molar-refractivity contribution is 0.576. The van der Waals surface area contributed by atoms with Gasteiger partial charge in [-0.15, -0.1) is 0 Å². The molecule has 42 heavy (non-hydrogen) atoms. The van der Waals surface area contributed by atoms with Crippen molar-refractivity contribution >= 4 is 39.3 Å². The van der Waals surface area contributed by atoms with Gasteiger partial charge in [-0.05, 0) is 72.4 Å². The molecule has 0 N–H and O–H groups in total. The molecule has 0 saturated heterocycles. The molecule has 1 aliphatic carbocycles. The zero-order chi connectivity index (χ0) is 28.5. The van der Waals surface area contributed by atoms with Gasteiger partial charge in [0.25, 0.3) is 0 Å². The van der Waals surface area contributed by atoms with Crippen LogP contribution in [0.5, 0.6) is 0 Å². The first-order chi connectivity index (χ1) is 20.7. The molecule has 2 aromatic heterocycles. The summed E-state index contributed by atoms with van der Waals surface area (Å²) in [7, 11) is 0. The van der Waals surface area contributed by atoms with Crippen molar-refractivity contribution in [1.29, 1.82) is 0 Å². The molecule has 202 valence electrons. The van der Waals surface area contributed by atoms with Crippen LogP contribution in [0.3, 0.4) is 0 Å². The standard InChI is InChI=1S/C40H30O2/c1-3-27(2)13-7-4-12-18-32-25-39-35(33-23-30(19-21-37(33)41-39)28-14-8-5-9-15-28)26-36-34-24-31(29-16-10-6-11-17-29)20-22-38(34)42-40(32)36/h3-11,13-17,19-24,26H,1,12,18H2,2H3/b7-4-,27-13-. The van der Waals surface area contributed by atoms with Crippen LogP contribution in [-0.4, -0.2) is 0 Å². The molecule has 2 heteroatoms. The third-order valence-electron chi connectivity index (χ3n) is 7.87. The van der Waals surface area contributed by atoms with Crippen LogP contribution < -0.4 is 10.6 Å². The highest BCUT2D eigenvalue weighted by Gasteiger charge is 2.20. The molecule has 0 bridgehead atoms. The van der Waals surface area contributed by atoms with E-state index in [9.17, 15) is 0 Å². The number of fused-ring (bicyclic) bond motifs is 6. The summed E-state index contributed by atoms with van der Waals surface area (Å²) in [6, 6.07) is 33.8. The molecule has 0 aliphatic heterocycles. The first kappa shape index (κ1) is 25.7. The lowest BCUT2D eigenvalue weighted by Crippen LogP contribution is -2.18. The SMILES string of the molecule is C=C/C(C)=C\C=C/CCC1=C=c2oc3ccc(-c4ccccc4)cc3c2=Cc2c1oc1ccc(-c3ccccc3)cc21. The maximum atomic E-state index is 6.57. The fourth-order valence-corrected chi connectivity index (χ4v) is 5.58. The topological polar surface area (TPSA) is 26.3 Å². The van der Waals surface area contributed by atoms with Crippen LogP contribution in [0.1, 0.15) is 31.1 Å². The van der Waals surface area contributed by atoms with Crippen molar-refractivity contribution in [2.45, 2.75) is 19.8 Å². The summed E-state index contributed by atoms with van der Waals surface area (Å²) in [6.07, 6.45) is 12.1. The fraction of sp³-hybridized carbons (Fsp3) is 0.0750. The summed E-state index contributed by atoms with van der Waals surface area (Å²) >= 11 is 0. The first-order valence-corrected chi connectivity index (χ1v) is 14.4. The maximum absolute atomic E-state index is 6.57. The van der Waals surface area contributed by atoms with Crippen molar-refractivity contribution in [2.75, 3.05) is 0 Å². The van der Waals surface area contributed by atoms with E-state index in [4.69, 9.17) is 8.83 Å². The van der Waals surface area contributed by atoms with E-state index >= 15 is 0 Å². The van der Waals surface area contributed by atoms with Crippen molar-refractivity contribution in [3.05, 3.63) is 155 Å². The average molecular weight is 543 g/mol. The summed E-state index contributed by atoms with van der Waals surface area (Å²) in [4.78, 5) is 0. The van der Waals surface area contributed by atoms with Gasteiger partial charge in [0.2, 0.25) is 0 Å². The van der Waals surface area contributed by atoms with Gasteiger partial charge in [0.15, 0.2) is 5.42 Å². The Morgan fingerprint density at radius 3 is 2.07 bits per heavy atom. The largest absolute Gasteiger partial charge is 0.455 e. The third kappa shape index (κ3) is 4.79. The van der Waals surface area contributed by atoms with Crippen molar-refractivity contribution in [2.24, 2.45) is 0 Å². The molecule has 0 saturated carbocycles. The zero-order valence-electron chi connectivity index (χ0n) is 23.6. The lowest BCUT2D eigenvalue weighted by Gasteiger charge is -2.02. The normalized spacial score (nSPS) is 12.9. The highest BCUT2D eigenvalue weighted by molar-refractivity contribution is 5.98. The minimum atomic E-state index is 0.746. The third-order valence-corrected chi connectivity index (χ3v) is 7.87. The Labute approximate surface area is 245 Å². The molecular weight excluding hydrogens is 512 g/mol. The number of benzene rings is 4. The number of furan rings is 2. The van der Waals surface area contributed by atoms with E-state index in [1.807, 2.05) is 25.1 Å². The molecule has 6 aromatic rings. The van der Waals surface area contributed by atoms with E-state index in [-0.39, 0.29) is 0 Å². The Hall–Kier alpha value is -5.30. The second kappa shape index (κ2) is 10.9. The predicted molar refractivity (Wildman–Crippen MR) is 175 cm³/mol. The van der Waals surface area contributed by atoms with Crippen molar-refractivity contribution < 1.29 is 8.83 Å². The number of allylic oxidation sites excluding steroid dienone is 6. The summed E-state index contributed by atoms with van der Waals surface area (Å²) in [5.74, 6) is 0.861. The van der Waals surface area contributed by atoms with Gasteiger partial charge < -0.3 is 8.83 Å². The van der Waals surface area contributed by atoms with Crippen molar-refractivity contribution in [3.63, 3.8) is 0 Å². The van der Waals surface area contributed by atoms with Gasteiger partial charge in [-0.2, -0.15) is 0 Å². The predicted octanol–water partition coefficient (Wildman–Crippen LogP) is 9.59. The van der Waals surface area contributed by atoms with Crippen LogP contribution in [0.2, 0.25) is 0 Å². The Kier molecular flexibility index (Phi) is 6.68. The monoisotopic (exact) mass is 542 g/mol. The van der Waals surface area contributed by atoms with E-state index in [0.29, 0.717) is 0 Å². The highest BCUT2D eigenvalue weighted by atomic mass is 16.3. The molecule has 0 atom stereocenters. The summed E-state index contributed by atoms with van der Waals surface area (Å²) in [6.45, 7) is 5.88. The second-order valence-corrected chi connectivity index (χ2v) is 10.7. The van der Waals surface area contributed by atoms with Crippen LogP contribution in [0, 0.1) is 0 Å². The van der Waals surface area contributed by atoms with E-state index in [1.165, 1.54) is 11.1 Å². The fourth-order valence-electron chi connectivity index (χ4n) is 5.58. The Morgan fingerprint density at radius 1 is 0.762 bits per heavy atom. The molecule has 0 fully saturated rings. The highest BCUT2D eigenvalue weighted by Crippen LogP contribution is 2.36. The Morgan fingerprint density at radius 2 is 1.40 bits per heavy atom. The molecule has 0 amide bonds. The Balaban J connectivity index is 1.44. The van der Waals surface area contributed by atoms with E-state index in [0.717, 1.165) is 79.0 Å². The quantitative estimate of drug-likeness (QED) is 0.188. The van der Waals surface area contributed by atoms with Crippen LogP contribution >= 0.6 is 0 Å². The van der Waals surface area contributed by atoms with Crippen LogP contribution in [0.4, 0.5) is 0 Å². The molecule has 0 spiro atoms. The molecular formula is C40H30O2. The van der Waals surface area contributed by atoms with E-state index < -0.39 is 0 Å². The number of hydrogen-bond acceptors (Lipinski definition) is 2. The smallest absolute Gasteiger partial charge is 0.178 e. The van der Waals surface area contributed by atoms with E-state index in [2.05, 4.69) is 122 Å². The maximum Gasteiger partial charge on any atom is 0.178 e. The van der Waals surface area contributed by atoms with Gasteiger partial charge in [-0.1, -0.05) is 115 Å². The first-order valence-electron chi connectivity index (χ1n) is 14.4. The van der Waals surface area contributed by atoms with Crippen LogP contribution in [0.15, 0.2) is 142 Å². The molecule has 0 unspecified atom stereocenters. The molecule has 4 aromatic carbocycles. The van der Waals surface area contributed by atoms with E-state index in [1.54, 1.807) is 0 Å². The number of hydrogen-bond donors (Lipinski definition) is 0. The van der Waals surface area contributed by atoms with Gasteiger partial charge in [0, 0.05) is 27.1 Å². The lowest BCUT2D eigenvalue weighted by atomic mass is 9.99. The minimum Gasteiger partial charge on any atom is -0.455 e. The number of rotatable bonds is 7. The molecule has 0 radical (unpaired) electrons.